The van der Waals surface area contributed by atoms with E-state index in [-0.39, 0.29) is 17.6 Å². The van der Waals surface area contributed by atoms with Crippen molar-refractivity contribution in [2.75, 3.05) is 18.0 Å². The summed E-state index contributed by atoms with van der Waals surface area (Å²) in [5, 5.41) is 0.741. The highest BCUT2D eigenvalue weighted by atomic mass is 19.1. The third-order valence-electron chi connectivity index (χ3n) is 3.65. The number of nitrogens with one attached hydrogen (secondary N) is 1. The van der Waals surface area contributed by atoms with E-state index in [1.807, 2.05) is 4.90 Å². The number of amides is 1. The van der Waals surface area contributed by atoms with Crippen LogP contribution in [0.3, 0.4) is 0 Å². The van der Waals surface area contributed by atoms with Crippen LogP contribution in [0.1, 0.15) is 12.8 Å². The van der Waals surface area contributed by atoms with Gasteiger partial charge in [0.15, 0.2) is 5.82 Å². The molecule has 0 bridgehead atoms. The Morgan fingerprint density at radius 1 is 1.58 bits per heavy atom. The predicted molar refractivity (Wildman–Crippen MR) is 70.2 cm³/mol. The molecular formula is C13H15FN4O. The van der Waals surface area contributed by atoms with Crippen molar-refractivity contribution in [1.82, 2.24) is 9.97 Å². The van der Waals surface area contributed by atoms with Crippen LogP contribution in [0.25, 0.3) is 11.0 Å². The third kappa shape index (κ3) is 2.03. The Morgan fingerprint density at radius 2 is 2.42 bits per heavy atom. The zero-order valence-corrected chi connectivity index (χ0v) is 10.4. The number of piperidine rings is 1. The number of primary amides is 1. The molecule has 2 aromatic heterocycles. The van der Waals surface area contributed by atoms with E-state index in [9.17, 15) is 9.18 Å². The lowest BCUT2D eigenvalue weighted by atomic mass is 9.97. The number of rotatable bonds is 2. The molecule has 0 radical (unpaired) electrons. The van der Waals surface area contributed by atoms with Crippen molar-refractivity contribution in [2.24, 2.45) is 11.7 Å². The van der Waals surface area contributed by atoms with E-state index in [0.29, 0.717) is 17.9 Å². The van der Waals surface area contributed by atoms with Crippen LogP contribution >= 0.6 is 0 Å². The molecule has 2 aromatic rings. The van der Waals surface area contributed by atoms with Crippen molar-refractivity contribution in [2.45, 2.75) is 12.8 Å². The molecule has 1 unspecified atom stereocenters. The van der Waals surface area contributed by atoms with E-state index in [1.54, 1.807) is 12.3 Å². The average molecular weight is 262 g/mol. The van der Waals surface area contributed by atoms with Gasteiger partial charge in [0.25, 0.3) is 0 Å². The van der Waals surface area contributed by atoms with Gasteiger partial charge in [-0.1, -0.05) is 0 Å². The largest absolute Gasteiger partial charge is 0.369 e. The van der Waals surface area contributed by atoms with Gasteiger partial charge in [0, 0.05) is 24.7 Å². The molecule has 1 saturated heterocycles. The first kappa shape index (κ1) is 12.0. The molecule has 0 spiro atoms. The molecule has 0 saturated carbocycles. The summed E-state index contributed by atoms with van der Waals surface area (Å²) in [5.74, 6) is -0.892. The second-order valence-electron chi connectivity index (χ2n) is 4.88. The summed E-state index contributed by atoms with van der Waals surface area (Å²) in [7, 11) is 0. The molecule has 6 heteroatoms. The van der Waals surface area contributed by atoms with Crippen molar-refractivity contribution < 1.29 is 9.18 Å². The van der Waals surface area contributed by atoms with Crippen molar-refractivity contribution in [3.8, 4) is 0 Å². The fourth-order valence-corrected chi connectivity index (χ4v) is 2.70. The number of carbonyl (C=O) groups is 1. The molecule has 0 aromatic carbocycles. The maximum absolute atomic E-state index is 14.1. The first-order valence-electron chi connectivity index (χ1n) is 6.32. The molecule has 5 nitrogen and oxygen atoms in total. The molecular weight excluding hydrogens is 247 g/mol. The number of pyridine rings is 1. The summed E-state index contributed by atoms with van der Waals surface area (Å²) in [6.45, 7) is 1.20. The molecule has 3 N–H and O–H groups in total. The van der Waals surface area contributed by atoms with Crippen LogP contribution in [0.5, 0.6) is 0 Å². The molecule has 0 aliphatic carbocycles. The summed E-state index contributed by atoms with van der Waals surface area (Å²) in [5.41, 5.74) is 6.52. The maximum Gasteiger partial charge on any atom is 0.222 e. The number of aromatic amines is 1. The first-order chi connectivity index (χ1) is 9.16. The van der Waals surface area contributed by atoms with Crippen LogP contribution in [-0.2, 0) is 4.79 Å². The Bertz CT molecular complexity index is 624. The highest BCUT2D eigenvalue weighted by Crippen LogP contribution is 2.31. The second-order valence-corrected chi connectivity index (χ2v) is 4.88. The quantitative estimate of drug-likeness (QED) is 0.859. The SMILES string of the molecule is NC(=O)C1CCCN(c2c(F)cnc3[nH]ccc23)C1. The number of hydrogen-bond donors (Lipinski definition) is 2. The standard InChI is InChI=1S/C13H15FN4O/c14-10-6-17-13-9(3-4-16-13)11(10)18-5-1-2-8(7-18)12(15)19/h3-4,6,8H,1-2,5,7H2,(H2,15,19)(H,16,17). The Hall–Kier alpha value is -2.11. The Morgan fingerprint density at radius 3 is 3.21 bits per heavy atom. The third-order valence-corrected chi connectivity index (χ3v) is 3.65. The molecule has 1 amide bonds. The number of H-pyrrole nitrogens is 1. The topological polar surface area (TPSA) is 75.0 Å². The van der Waals surface area contributed by atoms with E-state index in [4.69, 9.17) is 5.73 Å². The zero-order chi connectivity index (χ0) is 13.4. The number of nitrogens with two attached hydrogens (primary N) is 1. The number of aromatic nitrogens is 2. The number of hydrogen-bond acceptors (Lipinski definition) is 3. The highest BCUT2D eigenvalue weighted by molar-refractivity contribution is 5.90. The highest BCUT2D eigenvalue weighted by Gasteiger charge is 2.27. The van der Waals surface area contributed by atoms with Gasteiger partial charge >= 0.3 is 0 Å². The summed E-state index contributed by atoms with van der Waals surface area (Å²) in [6.07, 6.45) is 4.55. The van der Waals surface area contributed by atoms with Crippen molar-refractivity contribution in [1.29, 1.82) is 0 Å². The van der Waals surface area contributed by atoms with Gasteiger partial charge in [-0.25, -0.2) is 9.37 Å². The predicted octanol–water partition coefficient (Wildman–Crippen LogP) is 1.40. The van der Waals surface area contributed by atoms with Crippen LogP contribution in [0.4, 0.5) is 10.1 Å². The van der Waals surface area contributed by atoms with E-state index in [0.717, 1.165) is 24.8 Å². The fraction of sp³-hybridized carbons (Fsp3) is 0.385. The van der Waals surface area contributed by atoms with Gasteiger partial charge < -0.3 is 15.6 Å². The summed E-state index contributed by atoms with van der Waals surface area (Å²) >= 11 is 0. The van der Waals surface area contributed by atoms with Gasteiger partial charge in [0.05, 0.1) is 17.8 Å². The van der Waals surface area contributed by atoms with Gasteiger partial charge in [0.1, 0.15) is 5.65 Å². The summed E-state index contributed by atoms with van der Waals surface area (Å²) < 4.78 is 14.1. The molecule has 3 rings (SSSR count). The Balaban J connectivity index is 2.01. The maximum atomic E-state index is 14.1. The lowest BCUT2D eigenvalue weighted by Crippen LogP contribution is -2.41. The van der Waals surface area contributed by atoms with Gasteiger partial charge in [-0.2, -0.15) is 0 Å². The Labute approximate surface area is 109 Å². The zero-order valence-electron chi connectivity index (χ0n) is 10.4. The monoisotopic (exact) mass is 262 g/mol. The van der Waals surface area contributed by atoms with Crippen molar-refractivity contribution in [3.63, 3.8) is 0 Å². The number of carbonyl (C=O) groups excluding carboxylic acids is 1. The lowest BCUT2D eigenvalue weighted by molar-refractivity contribution is -0.122. The molecule has 100 valence electrons. The van der Waals surface area contributed by atoms with Gasteiger partial charge in [0.2, 0.25) is 5.91 Å². The van der Waals surface area contributed by atoms with Crippen LogP contribution in [-0.4, -0.2) is 29.0 Å². The Kier molecular flexibility index (Phi) is 2.85. The minimum Gasteiger partial charge on any atom is -0.369 e. The summed E-state index contributed by atoms with van der Waals surface area (Å²) in [6, 6.07) is 1.80. The van der Waals surface area contributed by atoms with Crippen LogP contribution in [0.2, 0.25) is 0 Å². The van der Waals surface area contributed by atoms with Crippen molar-refractivity contribution in [3.05, 3.63) is 24.3 Å². The molecule has 19 heavy (non-hydrogen) atoms. The fourth-order valence-electron chi connectivity index (χ4n) is 2.70. The summed E-state index contributed by atoms with van der Waals surface area (Å²) in [4.78, 5) is 20.2. The molecule has 1 atom stereocenters. The van der Waals surface area contributed by atoms with Crippen LogP contribution in [0.15, 0.2) is 18.5 Å². The van der Waals surface area contributed by atoms with Gasteiger partial charge in [-0.05, 0) is 18.9 Å². The van der Waals surface area contributed by atoms with Crippen LogP contribution < -0.4 is 10.6 Å². The van der Waals surface area contributed by atoms with E-state index < -0.39 is 0 Å². The van der Waals surface area contributed by atoms with Gasteiger partial charge in [-0.15, -0.1) is 0 Å². The molecule has 1 aliphatic heterocycles. The minimum atomic E-state index is -0.364. The minimum absolute atomic E-state index is 0.213. The van der Waals surface area contributed by atoms with E-state index in [2.05, 4.69) is 9.97 Å². The second kappa shape index (κ2) is 4.53. The molecule has 3 heterocycles. The van der Waals surface area contributed by atoms with E-state index in [1.165, 1.54) is 6.20 Å². The number of anilines is 1. The number of nitrogens with zero attached hydrogens (tertiary/aromatic N) is 2. The van der Waals surface area contributed by atoms with Crippen molar-refractivity contribution >= 4 is 22.6 Å². The number of halogens is 1. The first-order valence-corrected chi connectivity index (χ1v) is 6.32. The lowest BCUT2D eigenvalue weighted by Gasteiger charge is -2.33. The molecule has 1 aliphatic rings. The smallest absolute Gasteiger partial charge is 0.222 e. The molecule has 1 fully saturated rings. The normalized spacial score (nSPS) is 19.8. The number of fused-ring (bicyclic) bond motifs is 1. The average Bonchev–Trinajstić information content (AvgIpc) is 2.87. The van der Waals surface area contributed by atoms with Crippen LogP contribution in [0, 0.1) is 11.7 Å². The van der Waals surface area contributed by atoms with E-state index >= 15 is 0 Å². The van der Waals surface area contributed by atoms with Gasteiger partial charge in [-0.3, -0.25) is 4.79 Å².